The van der Waals surface area contributed by atoms with E-state index >= 15 is 0 Å². The molecule has 3 heterocycles. The summed E-state index contributed by atoms with van der Waals surface area (Å²) < 4.78 is 23.4. The lowest BCUT2D eigenvalue weighted by atomic mass is 9.85. The molecule has 0 radical (unpaired) electrons. The van der Waals surface area contributed by atoms with Gasteiger partial charge in [-0.3, -0.25) is 9.59 Å². The molecule has 8 atom stereocenters. The van der Waals surface area contributed by atoms with Gasteiger partial charge in [-0.1, -0.05) is 50.9 Å². The van der Waals surface area contributed by atoms with Crippen LogP contribution in [0.5, 0.6) is 11.5 Å². The first-order chi connectivity index (χ1) is 26.5. The third-order valence-electron chi connectivity index (χ3n) is 11.6. The van der Waals surface area contributed by atoms with Crippen molar-refractivity contribution in [2.75, 3.05) is 19.0 Å². The van der Waals surface area contributed by atoms with E-state index in [0.29, 0.717) is 64.4 Å². The molecule has 3 aromatic rings. The molecule has 7 rings (SSSR count). The molecule has 4 N–H and O–H groups in total. The van der Waals surface area contributed by atoms with Gasteiger partial charge in [0, 0.05) is 30.0 Å². The highest BCUT2D eigenvalue weighted by molar-refractivity contribution is 6.36. The zero-order chi connectivity index (χ0) is 40.3. The Morgan fingerprint density at radius 3 is 2.41 bits per heavy atom. The molecule has 56 heavy (non-hydrogen) atoms. The van der Waals surface area contributed by atoms with Gasteiger partial charge in [0.25, 0.3) is 0 Å². The fraction of sp³-hybridized carbons (Fsp3) is 0.600. The molecule has 1 aromatic carbocycles. The average Bonchev–Trinajstić information content (AvgIpc) is 3.80. The predicted molar refractivity (Wildman–Crippen MR) is 206 cm³/mol. The number of hydrogen-bond donors (Lipinski definition) is 4. The minimum Gasteiger partial charge on any atom is -0.495 e. The maximum atomic E-state index is 14.7. The smallest absolute Gasteiger partial charge is 0.408 e. The van der Waals surface area contributed by atoms with Crippen molar-refractivity contribution in [1.82, 2.24) is 25.7 Å². The lowest BCUT2D eigenvalue weighted by Gasteiger charge is -2.35. The van der Waals surface area contributed by atoms with Gasteiger partial charge >= 0.3 is 12.1 Å². The number of methoxy groups -OCH3 is 1. The summed E-state index contributed by atoms with van der Waals surface area (Å²) >= 11 is 6.79. The van der Waals surface area contributed by atoms with Crippen molar-refractivity contribution < 1.29 is 43.0 Å². The molecule has 3 saturated carbocycles. The Balaban J connectivity index is 1.20. The summed E-state index contributed by atoms with van der Waals surface area (Å²) in [4.78, 5) is 60.7. The van der Waals surface area contributed by atoms with E-state index in [1.165, 1.54) is 18.4 Å². The molecular formula is C40H51ClN6O9. The zero-order valence-electron chi connectivity index (χ0n) is 32.8. The number of nitrogens with zero attached hydrogens (tertiary/aromatic N) is 3. The van der Waals surface area contributed by atoms with Gasteiger partial charge < -0.3 is 44.7 Å². The van der Waals surface area contributed by atoms with Gasteiger partial charge in [0.2, 0.25) is 17.7 Å². The van der Waals surface area contributed by atoms with Crippen molar-refractivity contribution in [2.24, 2.45) is 23.2 Å². The van der Waals surface area contributed by atoms with E-state index in [2.05, 4.69) is 21.1 Å². The van der Waals surface area contributed by atoms with E-state index in [0.717, 1.165) is 12.8 Å². The summed E-state index contributed by atoms with van der Waals surface area (Å²) in [6, 6.07) is 4.77. The second kappa shape index (κ2) is 14.9. The summed E-state index contributed by atoms with van der Waals surface area (Å²) in [5, 5.41) is 23.9. The summed E-state index contributed by atoms with van der Waals surface area (Å²) in [6.45, 7) is 11.2. The third-order valence-corrected chi connectivity index (χ3v) is 12.0. The van der Waals surface area contributed by atoms with Crippen molar-refractivity contribution in [1.29, 1.82) is 0 Å². The molecule has 0 spiro atoms. The maximum Gasteiger partial charge on any atom is 0.408 e. The summed E-state index contributed by atoms with van der Waals surface area (Å²) in [7, 11) is 1.50. The minimum absolute atomic E-state index is 0.0334. The normalized spacial score (nSPS) is 27.1. The molecule has 15 nitrogen and oxygen atoms in total. The van der Waals surface area contributed by atoms with Crippen LogP contribution in [0.2, 0.25) is 5.02 Å². The standard InChI is InChI=1S/C40H51ClN6O9/c1-8-22-17-40(22,37(50)51)45-35(48)28-14-24(18-47(28)36(49)34(39(4,5)6)44-38(52)55-23-12-20-11-21(20)13-23)54-30-15-26(27-16-31(56-46-27)42-19(2)3)43-33-25(30)9-10-29(53-7)32(33)41/h9-10,15-16,19-24,28,34,42H,8,11-14,17-18H2,1-7H3,(H,44,52)(H,45,48)(H,50,51)/t20-,21+,22-,23+,24-,28+,34-,40-/m1/s1. The third kappa shape index (κ3) is 7.78. The highest BCUT2D eigenvalue weighted by atomic mass is 35.5. The molecule has 3 aliphatic carbocycles. The summed E-state index contributed by atoms with van der Waals surface area (Å²) in [5.41, 5.74) is -1.03. The Labute approximate surface area is 330 Å². The van der Waals surface area contributed by atoms with Crippen molar-refractivity contribution in [2.45, 2.75) is 116 Å². The lowest BCUT2D eigenvalue weighted by Crippen LogP contribution is -2.59. The van der Waals surface area contributed by atoms with Crippen LogP contribution in [0.3, 0.4) is 0 Å². The number of carboxylic acids is 1. The van der Waals surface area contributed by atoms with Gasteiger partial charge in [-0.05, 0) is 74.8 Å². The number of aromatic nitrogens is 2. The van der Waals surface area contributed by atoms with E-state index in [4.69, 9.17) is 35.3 Å². The molecule has 16 heteroatoms. The van der Waals surface area contributed by atoms with Crippen LogP contribution < -0.4 is 25.4 Å². The minimum atomic E-state index is -1.42. The van der Waals surface area contributed by atoms with Gasteiger partial charge in [0.05, 0.1) is 24.9 Å². The largest absolute Gasteiger partial charge is 0.495 e. The van der Waals surface area contributed by atoms with Crippen LogP contribution in [0.15, 0.2) is 28.8 Å². The lowest BCUT2D eigenvalue weighted by molar-refractivity contribution is -0.146. The van der Waals surface area contributed by atoms with Crippen LogP contribution in [-0.4, -0.2) is 93.6 Å². The quantitative estimate of drug-likeness (QED) is 0.157. The number of aliphatic carboxylic acids is 1. The molecule has 2 aromatic heterocycles. The van der Waals surface area contributed by atoms with Crippen LogP contribution in [0, 0.1) is 23.2 Å². The fourth-order valence-electron chi connectivity index (χ4n) is 8.37. The number of likely N-dealkylation sites (tertiary alicyclic amines) is 1. The monoisotopic (exact) mass is 794 g/mol. The van der Waals surface area contributed by atoms with Crippen LogP contribution >= 0.6 is 11.6 Å². The molecule has 4 aliphatic rings. The van der Waals surface area contributed by atoms with E-state index in [9.17, 15) is 24.3 Å². The van der Waals surface area contributed by atoms with E-state index in [1.54, 1.807) is 24.3 Å². The van der Waals surface area contributed by atoms with Crippen molar-refractivity contribution in [3.8, 4) is 22.9 Å². The first-order valence-electron chi connectivity index (χ1n) is 19.4. The number of benzene rings is 1. The maximum absolute atomic E-state index is 14.7. The molecule has 302 valence electrons. The number of fused-ring (bicyclic) bond motifs is 2. The number of alkyl carbamates (subject to hydrolysis) is 1. The number of ether oxygens (including phenoxy) is 3. The Bertz CT molecular complexity index is 2020. The number of carbonyl (C=O) groups excluding carboxylic acids is 3. The van der Waals surface area contributed by atoms with Crippen molar-refractivity contribution in [3.05, 3.63) is 29.3 Å². The zero-order valence-corrected chi connectivity index (χ0v) is 33.6. The van der Waals surface area contributed by atoms with Crippen LogP contribution in [-0.2, 0) is 19.1 Å². The second-order valence-corrected chi connectivity index (χ2v) is 17.5. The van der Waals surface area contributed by atoms with Crippen molar-refractivity contribution in [3.63, 3.8) is 0 Å². The first kappa shape index (κ1) is 39.4. The first-order valence-corrected chi connectivity index (χ1v) is 19.8. The highest BCUT2D eigenvalue weighted by Gasteiger charge is 2.61. The van der Waals surface area contributed by atoms with E-state index in [-0.39, 0.29) is 36.1 Å². The molecule has 0 bridgehead atoms. The summed E-state index contributed by atoms with van der Waals surface area (Å²) in [6.07, 6.45) is 2.07. The molecule has 0 unspecified atom stereocenters. The summed E-state index contributed by atoms with van der Waals surface area (Å²) in [5.74, 6) is -0.0787. The number of pyridine rings is 1. The molecule has 1 saturated heterocycles. The number of carbonyl (C=O) groups is 4. The molecule has 1 aliphatic heterocycles. The Hall–Kier alpha value is -4.79. The Kier molecular flexibility index (Phi) is 10.5. The van der Waals surface area contributed by atoms with E-state index in [1.807, 2.05) is 41.5 Å². The predicted octanol–water partition coefficient (Wildman–Crippen LogP) is 6.03. The Morgan fingerprint density at radius 1 is 1.05 bits per heavy atom. The van der Waals surface area contributed by atoms with Crippen molar-refractivity contribution >= 4 is 52.3 Å². The van der Waals surface area contributed by atoms with Crippen LogP contribution in [0.4, 0.5) is 10.7 Å². The number of carboxylic acid groups (broad SMARTS) is 1. The molecule has 4 fully saturated rings. The molecule has 3 amide bonds. The van der Waals surface area contributed by atoms with Crippen LogP contribution in [0.25, 0.3) is 22.3 Å². The number of anilines is 1. The number of hydrogen-bond acceptors (Lipinski definition) is 11. The van der Waals surface area contributed by atoms with Gasteiger partial charge in [-0.15, -0.1) is 0 Å². The van der Waals surface area contributed by atoms with Gasteiger partial charge in [-0.2, -0.15) is 0 Å². The van der Waals surface area contributed by atoms with Gasteiger partial charge in [0.15, 0.2) is 0 Å². The van der Waals surface area contributed by atoms with Gasteiger partial charge in [-0.25, -0.2) is 14.6 Å². The second-order valence-electron chi connectivity index (χ2n) is 17.1. The average molecular weight is 795 g/mol. The SMILES string of the molecule is CC[C@@H]1C[C@]1(NC(=O)[C@@H]1C[C@@H](Oc2cc(-c3cc(NC(C)C)on3)nc3c(Cl)c(OC)ccc23)CN1C(=O)[C@@H](NC(=O)O[C@@H]1C[C@@H]2C[C@@H]2C1)C(C)(C)C)C(=O)O. The van der Waals surface area contributed by atoms with Crippen LogP contribution in [0.1, 0.15) is 80.1 Å². The number of nitrogens with one attached hydrogen (secondary N) is 3. The van der Waals surface area contributed by atoms with E-state index < -0.39 is 53.0 Å². The number of amides is 3. The fourth-order valence-corrected chi connectivity index (χ4v) is 8.65. The Morgan fingerprint density at radius 2 is 1.79 bits per heavy atom. The number of rotatable bonds is 13. The van der Waals surface area contributed by atoms with Gasteiger partial charge in [0.1, 0.15) is 52.0 Å². The number of halogens is 1. The highest BCUT2D eigenvalue weighted by Crippen LogP contribution is 2.52. The molecular weight excluding hydrogens is 744 g/mol. The topological polar surface area (TPSA) is 194 Å².